The third-order valence-corrected chi connectivity index (χ3v) is 3.97. The Morgan fingerprint density at radius 3 is 2.53 bits per heavy atom. The highest BCUT2D eigenvalue weighted by Gasteiger charge is 2.11. The van der Waals surface area contributed by atoms with Crippen molar-refractivity contribution in [2.75, 3.05) is 0 Å². The summed E-state index contributed by atoms with van der Waals surface area (Å²) in [6.45, 7) is 11.6. The fourth-order valence-electron chi connectivity index (χ4n) is 1.77. The van der Waals surface area contributed by atoms with Crippen LogP contribution in [0.25, 0.3) is 11.3 Å². The molecule has 19 heavy (non-hydrogen) atoms. The molecule has 102 valence electrons. The first kappa shape index (κ1) is 14.2. The van der Waals surface area contributed by atoms with Gasteiger partial charge in [0.15, 0.2) is 0 Å². The first-order valence-corrected chi connectivity index (χ1v) is 7.50. The molecule has 0 aliphatic rings. The van der Waals surface area contributed by atoms with Crippen LogP contribution in [0.3, 0.4) is 0 Å². The van der Waals surface area contributed by atoms with E-state index in [0.717, 1.165) is 17.2 Å². The number of rotatable bonds is 3. The van der Waals surface area contributed by atoms with Crippen molar-refractivity contribution in [1.82, 2.24) is 10.3 Å². The Labute approximate surface area is 119 Å². The van der Waals surface area contributed by atoms with Crippen molar-refractivity contribution in [3.05, 3.63) is 39.7 Å². The van der Waals surface area contributed by atoms with Crippen molar-refractivity contribution < 1.29 is 0 Å². The van der Waals surface area contributed by atoms with Crippen LogP contribution in [0.4, 0.5) is 0 Å². The van der Waals surface area contributed by atoms with E-state index in [4.69, 9.17) is 4.98 Å². The van der Waals surface area contributed by atoms with Crippen molar-refractivity contribution in [2.24, 2.45) is 0 Å². The van der Waals surface area contributed by atoms with E-state index < -0.39 is 0 Å². The summed E-state index contributed by atoms with van der Waals surface area (Å²) in [5.41, 5.74) is 5.07. The van der Waals surface area contributed by atoms with Crippen molar-refractivity contribution in [1.29, 1.82) is 0 Å². The lowest BCUT2D eigenvalue weighted by molar-refractivity contribution is 0.424. The number of benzene rings is 1. The monoisotopic (exact) mass is 274 g/mol. The molecule has 0 unspecified atom stereocenters. The highest BCUT2D eigenvalue weighted by atomic mass is 32.1. The van der Waals surface area contributed by atoms with Gasteiger partial charge in [-0.15, -0.1) is 11.3 Å². The molecule has 1 aromatic carbocycles. The zero-order chi connectivity index (χ0) is 14.0. The van der Waals surface area contributed by atoms with Crippen LogP contribution in [0.1, 0.15) is 36.9 Å². The third-order valence-electron chi connectivity index (χ3n) is 3.12. The Bertz CT molecular complexity index is 564. The van der Waals surface area contributed by atoms with E-state index in [0.29, 0.717) is 0 Å². The molecule has 0 fully saturated rings. The SMILES string of the molecule is Cc1ccc(-c2csc(CNC(C)(C)C)n2)cc1C. The molecule has 0 bridgehead atoms. The van der Waals surface area contributed by atoms with Crippen LogP contribution in [0, 0.1) is 13.8 Å². The van der Waals surface area contributed by atoms with Gasteiger partial charge in [-0.05, 0) is 51.8 Å². The second kappa shape index (κ2) is 5.43. The Morgan fingerprint density at radius 2 is 1.89 bits per heavy atom. The second-order valence-corrected chi connectivity index (χ2v) is 6.97. The smallest absolute Gasteiger partial charge is 0.107 e. The number of hydrogen-bond acceptors (Lipinski definition) is 3. The van der Waals surface area contributed by atoms with E-state index >= 15 is 0 Å². The molecular formula is C16H22N2S. The third kappa shape index (κ3) is 3.88. The second-order valence-electron chi connectivity index (χ2n) is 6.03. The number of thiazole rings is 1. The number of nitrogens with one attached hydrogen (secondary N) is 1. The van der Waals surface area contributed by atoms with Crippen LogP contribution in [0.5, 0.6) is 0 Å². The van der Waals surface area contributed by atoms with E-state index in [9.17, 15) is 0 Å². The van der Waals surface area contributed by atoms with Crippen molar-refractivity contribution in [2.45, 2.75) is 46.7 Å². The van der Waals surface area contributed by atoms with Gasteiger partial charge in [-0.2, -0.15) is 0 Å². The number of nitrogens with zero attached hydrogens (tertiary/aromatic N) is 1. The summed E-state index contributed by atoms with van der Waals surface area (Å²) in [6, 6.07) is 6.53. The van der Waals surface area contributed by atoms with Gasteiger partial charge in [-0.1, -0.05) is 12.1 Å². The van der Waals surface area contributed by atoms with Crippen molar-refractivity contribution >= 4 is 11.3 Å². The van der Waals surface area contributed by atoms with Crippen molar-refractivity contribution in [3.8, 4) is 11.3 Å². The molecule has 2 rings (SSSR count). The van der Waals surface area contributed by atoms with Crippen LogP contribution >= 0.6 is 11.3 Å². The van der Waals surface area contributed by atoms with Gasteiger partial charge in [0.2, 0.25) is 0 Å². The molecule has 1 heterocycles. The fraction of sp³-hybridized carbons (Fsp3) is 0.438. The molecule has 0 amide bonds. The summed E-state index contributed by atoms with van der Waals surface area (Å²) in [4.78, 5) is 4.71. The van der Waals surface area contributed by atoms with Gasteiger partial charge >= 0.3 is 0 Å². The highest BCUT2D eigenvalue weighted by molar-refractivity contribution is 7.09. The van der Waals surface area contributed by atoms with Crippen LogP contribution in [0.2, 0.25) is 0 Å². The minimum absolute atomic E-state index is 0.131. The van der Waals surface area contributed by atoms with Gasteiger partial charge in [0, 0.05) is 23.0 Å². The molecule has 0 radical (unpaired) electrons. The summed E-state index contributed by atoms with van der Waals surface area (Å²) in [5.74, 6) is 0. The van der Waals surface area contributed by atoms with Gasteiger partial charge in [-0.25, -0.2) is 4.98 Å². The molecule has 0 aliphatic heterocycles. The van der Waals surface area contributed by atoms with Gasteiger partial charge in [0.1, 0.15) is 5.01 Å². The average molecular weight is 274 g/mol. The molecule has 0 spiro atoms. The summed E-state index contributed by atoms with van der Waals surface area (Å²) >= 11 is 1.72. The molecule has 0 atom stereocenters. The lowest BCUT2D eigenvalue weighted by atomic mass is 10.1. The minimum atomic E-state index is 0.131. The van der Waals surface area contributed by atoms with Crippen LogP contribution in [-0.4, -0.2) is 10.5 Å². The maximum Gasteiger partial charge on any atom is 0.107 e. The van der Waals surface area contributed by atoms with Crippen LogP contribution in [0.15, 0.2) is 23.6 Å². The Morgan fingerprint density at radius 1 is 1.16 bits per heavy atom. The number of aryl methyl sites for hydroxylation is 2. The molecular weight excluding hydrogens is 252 g/mol. The summed E-state index contributed by atoms with van der Waals surface area (Å²) < 4.78 is 0. The topological polar surface area (TPSA) is 24.9 Å². The molecule has 3 heteroatoms. The number of aromatic nitrogens is 1. The van der Waals surface area contributed by atoms with Gasteiger partial charge in [0.25, 0.3) is 0 Å². The lowest BCUT2D eigenvalue weighted by Gasteiger charge is -2.19. The zero-order valence-corrected chi connectivity index (χ0v) is 13.2. The Hall–Kier alpha value is -1.19. The number of hydrogen-bond donors (Lipinski definition) is 1. The Kier molecular flexibility index (Phi) is 4.07. The first-order valence-electron chi connectivity index (χ1n) is 6.62. The van der Waals surface area contributed by atoms with E-state index in [2.05, 4.69) is 63.5 Å². The molecule has 0 aliphatic carbocycles. The maximum absolute atomic E-state index is 4.71. The molecule has 1 aromatic heterocycles. The summed E-state index contributed by atoms with van der Waals surface area (Å²) in [6.07, 6.45) is 0. The molecule has 2 nitrogen and oxygen atoms in total. The summed E-state index contributed by atoms with van der Waals surface area (Å²) in [7, 11) is 0. The predicted octanol–water partition coefficient (Wildman–Crippen LogP) is 4.32. The maximum atomic E-state index is 4.71. The standard InChI is InChI=1S/C16H22N2S/c1-11-6-7-13(8-12(11)2)14-10-19-15(18-14)9-17-16(3,4)5/h6-8,10,17H,9H2,1-5H3. The largest absolute Gasteiger partial charge is 0.306 e. The highest BCUT2D eigenvalue weighted by Crippen LogP contribution is 2.24. The van der Waals surface area contributed by atoms with Gasteiger partial charge < -0.3 is 5.32 Å². The quantitative estimate of drug-likeness (QED) is 0.902. The van der Waals surface area contributed by atoms with E-state index in [1.165, 1.54) is 16.7 Å². The molecule has 2 aromatic rings. The molecule has 1 N–H and O–H groups in total. The van der Waals surface area contributed by atoms with Gasteiger partial charge in [0.05, 0.1) is 5.69 Å². The lowest BCUT2D eigenvalue weighted by Crippen LogP contribution is -2.34. The van der Waals surface area contributed by atoms with E-state index in [1.807, 2.05) is 0 Å². The fourth-order valence-corrected chi connectivity index (χ4v) is 2.51. The molecule has 0 saturated heterocycles. The van der Waals surface area contributed by atoms with Crippen LogP contribution in [-0.2, 0) is 6.54 Å². The van der Waals surface area contributed by atoms with E-state index in [-0.39, 0.29) is 5.54 Å². The average Bonchev–Trinajstić information content (AvgIpc) is 2.78. The zero-order valence-electron chi connectivity index (χ0n) is 12.4. The summed E-state index contributed by atoms with van der Waals surface area (Å²) in [5, 5.41) is 6.76. The van der Waals surface area contributed by atoms with Crippen LogP contribution < -0.4 is 5.32 Å². The normalized spacial score (nSPS) is 11.8. The predicted molar refractivity (Wildman–Crippen MR) is 83.6 cm³/mol. The minimum Gasteiger partial charge on any atom is -0.306 e. The van der Waals surface area contributed by atoms with Crippen molar-refractivity contribution in [3.63, 3.8) is 0 Å². The first-order chi connectivity index (χ1) is 8.85. The Balaban J connectivity index is 2.14. The van der Waals surface area contributed by atoms with Gasteiger partial charge in [-0.3, -0.25) is 0 Å². The van der Waals surface area contributed by atoms with E-state index in [1.54, 1.807) is 11.3 Å². The molecule has 0 saturated carbocycles.